The van der Waals surface area contributed by atoms with Crippen molar-refractivity contribution in [2.24, 2.45) is 0 Å². The highest BCUT2D eigenvalue weighted by Gasteiger charge is 2.46. The van der Waals surface area contributed by atoms with Crippen LogP contribution in [0.15, 0.2) is 164 Å². The third-order valence-electron chi connectivity index (χ3n) is 10.6. The first kappa shape index (κ1) is 38.5. The number of benzene rings is 6. The maximum Gasteiger partial charge on any atom is 0.406 e. The topological polar surface area (TPSA) is 55.4 Å². The lowest BCUT2D eigenvalue weighted by Gasteiger charge is -2.36. The summed E-state index contributed by atoms with van der Waals surface area (Å²) in [4.78, 5) is 0. The lowest BCUT2D eigenvalue weighted by molar-refractivity contribution is 0.272. The van der Waals surface area contributed by atoms with E-state index in [4.69, 9.17) is 26.6 Å². The van der Waals surface area contributed by atoms with Gasteiger partial charge in [-0.1, -0.05) is 164 Å². The zero-order valence-electron chi connectivity index (χ0n) is 31.5. The largest absolute Gasteiger partial charge is 0.406 e. The molecular weight excluding hydrogens is 709 g/mol. The van der Waals surface area contributed by atoms with Crippen molar-refractivity contribution in [2.75, 3.05) is 42.7 Å². The predicted octanol–water partition coefficient (Wildman–Crippen LogP) is 4.59. The first-order valence-corrected chi connectivity index (χ1v) is 23.1. The van der Waals surface area contributed by atoms with Gasteiger partial charge in [0.1, 0.15) is 0 Å². The van der Waals surface area contributed by atoms with Gasteiger partial charge in [-0.05, 0) is 54.7 Å². The maximum atomic E-state index is 6.38. The van der Waals surface area contributed by atoms with Crippen LogP contribution in [0.2, 0.25) is 0 Å². The van der Waals surface area contributed by atoms with Gasteiger partial charge in [0, 0.05) is 48.1 Å². The summed E-state index contributed by atoms with van der Waals surface area (Å²) in [5.74, 6) is 0. The summed E-state index contributed by atoms with van der Waals surface area (Å²) in [6, 6.07) is 56.8. The second-order valence-corrected chi connectivity index (χ2v) is 22.7. The van der Waals surface area contributed by atoms with Crippen LogP contribution in [0.25, 0.3) is 0 Å². The monoisotopic (exact) mass is 756 g/mol. The molecule has 272 valence electrons. The molecule has 0 saturated heterocycles. The Bertz CT molecular complexity index is 1850. The number of hydrogen-bond donors (Lipinski definition) is 0. The maximum absolute atomic E-state index is 6.38. The average molecular weight is 757 g/mol. The summed E-state index contributed by atoms with van der Waals surface area (Å²) in [7, 11) is 1.26. The molecule has 6 rings (SSSR count). The standard InChI is InChI=1S/C44H48O6Si3/c1-44(35-20-17-29-41(32-35)51(45-2,46-3)38-23-11-8-12-24-38,36-21-18-30-42(33-36)52(47-4,48-5)39-25-13-9-14-26-39)37-22-19-31-43(34-37)53(49-6,50-7)40-27-15-10-16-28-40/h8-34H,1-7H3. The Labute approximate surface area is 317 Å². The van der Waals surface area contributed by atoms with E-state index >= 15 is 0 Å². The summed E-state index contributed by atoms with van der Waals surface area (Å²) in [6.45, 7) is 2.28. The SMILES string of the molecule is CO[Si](OC)(c1ccccc1)c1cccc(C(C)(c2cccc([Si](OC)(OC)c3ccccc3)c2)c2cccc([Si](OC)(OC)c3ccccc3)c2)c1. The van der Waals surface area contributed by atoms with Gasteiger partial charge < -0.3 is 26.6 Å². The van der Waals surface area contributed by atoms with Gasteiger partial charge in [-0.3, -0.25) is 0 Å². The molecule has 0 saturated carbocycles. The number of hydrogen-bond acceptors (Lipinski definition) is 6. The van der Waals surface area contributed by atoms with Crippen LogP contribution in [0.1, 0.15) is 23.6 Å². The van der Waals surface area contributed by atoms with Crippen molar-refractivity contribution >= 4 is 56.8 Å². The molecule has 0 aliphatic rings. The van der Waals surface area contributed by atoms with Gasteiger partial charge in [0.15, 0.2) is 0 Å². The molecule has 9 heteroatoms. The van der Waals surface area contributed by atoms with Crippen molar-refractivity contribution < 1.29 is 26.6 Å². The summed E-state index contributed by atoms with van der Waals surface area (Å²) in [5.41, 5.74) is 2.55. The van der Waals surface area contributed by atoms with Crippen molar-refractivity contribution in [2.45, 2.75) is 12.3 Å². The van der Waals surface area contributed by atoms with E-state index in [2.05, 4.69) is 116 Å². The van der Waals surface area contributed by atoms with Crippen molar-refractivity contribution in [3.63, 3.8) is 0 Å². The van der Waals surface area contributed by atoms with E-state index in [0.717, 1.165) is 47.8 Å². The molecule has 0 heterocycles. The van der Waals surface area contributed by atoms with Crippen LogP contribution in [0, 0.1) is 0 Å². The molecule has 0 atom stereocenters. The fourth-order valence-electron chi connectivity index (χ4n) is 7.74. The van der Waals surface area contributed by atoms with Crippen LogP contribution < -0.4 is 31.1 Å². The summed E-state index contributed by atoms with van der Waals surface area (Å²) < 4.78 is 38.3. The summed E-state index contributed by atoms with van der Waals surface area (Å²) in [5, 5.41) is 6.12. The van der Waals surface area contributed by atoms with Crippen molar-refractivity contribution in [3.8, 4) is 0 Å². The second-order valence-electron chi connectivity index (χ2n) is 13.0. The minimum atomic E-state index is -3.07. The number of rotatable bonds is 15. The van der Waals surface area contributed by atoms with Gasteiger partial charge in [0.2, 0.25) is 0 Å². The van der Waals surface area contributed by atoms with Crippen LogP contribution in [-0.2, 0) is 32.0 Å². The highest BCUT2D eigenvalue weighted by molar-refractivity contribution is 6.93. The molecule has 0 fully saturated rings. The molecule has 0 bridgehead atoms. The molecule has 0 spiro atoms. The van der Waals surface area contributed by atoms with Crippen LogP contribution in [0.4, 0.5) is 0 Å². The molecule has 0 N–H and O–H groups in total. The molecule has 0 radical (unpaired) electrons. The Morgan fingerprint density at radius 3 is 0.755 bits per heavy atom. The van der Waals surface area contributed by atoms with E-state index in [9.17, 15) is 0 Å². The normalized spacial score (nSPS) is 12.5. The zero-order valence-corrected chi connectivity index (χ0v) is 34.5. The molecule has 0 aliphatic carbocycles. The Morgan fingerprint density at radius 1 is 0.302 bits per heavy atom. The fourth-order valence-corrected chi connectivity index (χ4v) is 15.9. The molecule has 53 heavy (non-hydrogen) atoms. The van der Waals surface area contributed by atoms with Gasteiger partial charge in [0.25, 0.3) is 0 Å². The van der Waals surface area contributed by atoms with E-state index in [-0.39, 0.29) is 0 Å². The Kier molecular flexibility index (Phi) is 11.9. The van der Waals surface area contributed by atoms with Gasteiger partial charge in [-0.2, -0.15) is 0 Å². The quantitative estimate of drug-likeness (QED) is 0.113. The highest BCUT2D eigenvalue weighted by Crippen LogP contribution is 2.39. The lowest BCUT2D eigenvalue weighted by Crippen LogP contribution is -2.62. The van der Waals surface area contributed by atoms with E-state index in [1.54, 1.807) is 42.7 Å². The van der Waals surface area contributed by atoms with Crippen LogP contribution in [-0.4, -0.2) is 68.3 Å². The third-order valence-corrected chi connectivity index (χ3v) is 20.6. The minimum absolute atomic E-state index is 0.684. The van der Waals surface area contributed by atoms with Crippen LogP contribution in [0.5, 0.6) is 0 Å². The van der Waals surface area contributed by atoms with Crippen molar-refractivity contribution in [3.05, 3.63) is 180 Å². The molecule has 6 aromatic carbocycles. The predicted molar refractivity (Wildman–Crippen MR) is 221 cm³/mol. The van der Waals surface area contributed by atoms with Crippen molar-refractivity contribution in [1.29, 1.82) is 0 Å². The van der Waals surface area contributed by atoms with Gasteiger partial charge in [-0.25, -0.2) is 0 Å². The van der Waals surface area contributed by atoms with E-state index in [0.29, 0.717) is 0 Å². The molecule has 0 amide bonds. The Morgan fingerprint density at radius 2 is 0.528 bits per heavy atom. The molecule has 0 unspecified atom stereocenters. The highest BCUT2D eigenvalue weighted by atomic mass is 28.4. The summed E-state index contributed by atoms with van der Waals surface area (Å²) >= 11 is 0. The molecule has 0 aliphatic heterocycles. The van der Waals surface area contributed by atoms with Gasteiger partial charge >= 0.3 is 25.7 Å². The van der Waals surface area contributed by atoms with E-state index in [1.165, 1.54) is 0 Å². The Hall–Kier alpha value is -4.27. The lowest BCUT2D eigenvalue weighted by atomic mass is 9.71. The van der Waals surface area contributed by atoms with Crippen LogP contribution >= 0.6 is 0 Å². The van der Waals surface area contributed by atoms with E-state index in [1.807, 2.05) is 54.6 Å². The first-order chi connectivity index (χ1) is 25.8. The average Bonchev–Trinajstić information content (AvgIpc) is 3.24. The minimum Gasteiger partial charge on any atom is -0.391 e. The molecular formula is C44H48O6Si3. The Balaban J connectivity index is 1.63. The van der Waals surface area contributed by atoms with Gasteiger partial charge in [0.05, 0.1) is 0 Å². The molecule has 6 aromatic rings. The zero-order chi connectivity index (χ0) is 37.5. The first-order valence-electron chi connectivity index (χ1n) is 17.6. The van der Waals surface area contributed by atoms with E-state index < -0.39 is 31.1 Å². The fraction of sp³-hybridized carbons (Fsp3) is 0.182. The summed E-state index contributed by atoms with van der Waals surface area (Å²) in [6.07, 6.45) is 0. The van der Waals surface area contributed by atoms with Crippen molar-refractivity contribution in [1.82, 2.24) is 0 Å². The molecule has 6 nitrogen and oxygen atoms in total. The smallest absolute Gasteiger partial charge is 0.391 e. The second kappa shape index (κ2) is 16.4. The third kappa shape index (κ3) is 6.74. The van der Waals surface area contributed by atoms with Gasteiger partial charge in [-0.15, -0.1) is 0 Å². The molecule has 0 aromatic heterocycles. The van der Waals surface area contributed by atoms with Crippen LogP contribution in [0.3, 0.4) is 0 Å².